The Kier molecular flexibility index (Phi) is 6.72. The number of rotatable bonds is 9. The number of nitrogens with one attached hydrogen (secondary N) is 1. The van der Waals surface area contributed by atoms with E-state index in [0.29, 0.717) is 6.04 Å². The molecule has 1 aromatic heterocycles. The van der Waals surface area contributed by atoms with Gasteiger partial charge in [-0.05, 0) is 50.8 Å². The van der Waals surface area contributed by atoms with Crippen molar-refractivity contribution in [3.05, 3.63) is 47.2 Å². The number of carbonyl (C=O) groups excluding carboxylic acids is 1. The standard InChI is InChI=1S/C21H28N4OS/c1-4-17-13-19(25(5-2)6-3)24-21(23-17)27-14-15-8-7-9-16(12-15)20(26)22-18-10-11-18/h7-9,12-13,18H,4-6,10-11,14H2,1-3H3,(H,22,26). The molecule has 6 heteroatoms. The number of thioether (sulfide) groups is 1. The van der Waals surface area contributed by atoms with Gasteiger partial charge < -0.3 is 10.2 Å². The molecule has 1 aromatic carbocycles. The molecule has 0 bridgehead atoms. The Morgan fingerprint density at radius 1 is 1.19 bits per heavy atom. The van der Waals surface area contributed by atoms with Crippen molar-refractivity contribution >= 4 is 23.5 Å². The molecule has 1 amide bonds. The number of aromatic nitrogens is 2. The molecule has 5 nitrogen and oxygen atoms in total. The first-order chi connectivity index (χ1) is 13.1. The monoisotopic (exact) mass is 384 g/mol. The van der Waals surface area contributed by atoms with Gasteiger partial charge in [0.1, 0.15) is 5.82 Å². The van der Waals surface area contributed by atoms with E-state index in [-0.39, 0.29) is 5.91 Å². The molecule has 0 radical (unpaired) electrons. The van der Waals surface area contributed by atoms with Gasteiger partial charge in [0.2, 0.25) is 0 Å². The number of benzene rings is 1. The predicted molar refractivity (Wildman–Crippen MR) is 111 cm³/mol. The largest absolute Gasteiger partial charge is 0.357 e. The highest BCUT2D eigenvalue weighted by Gasteiger charge is 2.23. The first-order valence-corrected chi connectivity index (χ1v) is 10.8. The fourth-order valence-electron chi connectivity index (χ4n) is 2.86. The zero-order valence-electron chi connectivity index (χ0n) is 16.4. The maximum Gasteiger partial charge on any atom is 0.251 e. The number of hydrogen-bond acceptors (Lipinski definition) is 5. The van der Waals surface area contributed by atoms with Gasteiger partial charge in [-0.3, -0.25) is 4.79 Å². The molecule has 1 aliphatic carbocycles. The van der Waals surface area contributed by atoms with Crippen LogP contribution in [-0.4, -0.2) is 35.0 Å². The first kappa shape index (κ1) is 19.7. The molecular formula is C21H28N4OS. The Morgan fingerprint density at radius 3 is 2.63 bits per heavy atom. The summed E-state index contributed by atoms with van der Waals surface area (Å²) in [6.07, 6.45) is 3.09. The number of aryl methyl sites for hydroxylation is 1. The second-order valence-electron chi connectivity index (χ2n) is 6.76. The molecule has 3 rings (SSSR count). The van der Waals surface area contributed by atoms with Crippen molar-refractivity contribution in [1.29, 1.82) is 0 Å². The van der Waals surface area contributed by atoms with E-state index in [1.807, 2.05) is 18.2 Å². The van der Waals surface area contributed by atoms with Gasteiger partial charge in [-0.25, -0.2) is 9.97 Å². The maximum atomic E-state index is 12.2. The topological polar surface area (TPSA) is 58.1 Å². The average molecular weight is 385 g/mol. The van der Waals surface area contributed by atoms with Gasteiger partial charge in [0.05, 0.1) is 0 Å². The summed E-state index contributed by atoms with van der Waals surface area (Å²) in [4.78, 5) is 23.9. The summed E-state index contributed by atoms with van der Waals surface area (Å²) in [6.45, 7) is 8.26. The molecule has 2 aromatic rings. The molecule has 0 saturated heterocycles. The quantitative estimate of drug-likeness (QED) is 0.522. The lowest BCUT2D eigenvalue weighted by Crippen LogP contribution is -2.25. The lowest BCUT2D eigenvalue weighted by Gasteiger charge is -2.20. The summed E-state index contributed by atoms with van der Waals surface area (Å²) in [6, 6.07) is 10.3. The van der Waals surface area contributed by atoms with Crippen molar-refractivity contribution in [2.75, 3.05) is 18.0 Å². The molecule has 144 valence electrons. The zero-order valence-corrected chi connectivity index (χ0v) is 17.2. The summed E-state index contributed by atoms with van der Waals surface area (Å²) in [7, 11) is 0. The van der Waals surface area contributed by atoms with Crippen LogP contribution in [0.4, 0.5) is 5.82 Å². The van der Waals surface area contributed by atoms with Gasteiger partial charge in [0, 0.05) is 42.2 Å². The van der Waals surface area contributed by atoms with Crippen LogP contribution in [0.5, 0.6) is 0 Å². The van der Waals surface area contributed by atoms with Crippen LogP contribution in [0.3, 0.4) is 0 Å². The van der Waals surface area contributed by atoms with Crippen LogP contribution in [0.2, 0.25) is 0 Å². The van der Waals surface area contributed by atoms with E-state index < -0.39 is 0 Å². The van der Waals surface area contributed by atoms with Crippen LogP contribution in [0, 0.1) is 0 Å². The highest BCUT2D eigenvalue weighted by atomic mass is 32.2. The van der Waals surface area contributed by atoms with Crippen LogP contribution in [0.1, 0.15) is 55.2 Å². The van der Waals surface area contributed by atoms with Crippen LogP contribution < -0.4 is 10.2 Å². The highest BCUT2D eigenvalue weighted by Crippen LogP contribution is 2.24. The number of carbonyl (C=O) groups is 1. The lowest BCUT2D eigenvalue weighted by molar-refractivity contribution is 0.0951. The molecule has 27 heavy (non-hydrogen) atoms. The molecular weight excluding hydrogens is 356 g/mol. The molecule has 0 atom stereocenters. The zero-order chi connectivity index (χ0) is 19.2. The first-order valence-electron chi connectivity index (χ1n) is 9.78. The van der Waals surface area contributed by atoms with E-state index >= 15 is 0 Å². The summed E-state index contributed by atoms with van der Waals surface area (Å²) >= 11 is 1.62. The van der Waals surface area contributed by atoms with E-state index in [9.17, 15) is 4.79 Å². The third-order valence-electron chi connectivity index (χ3n) is 4.66. The highest BCUT2D eigenvalue weighted by molar-refractivity contribution is 7.98. The van der Waals surface area contributed by atoms with Crippen LogP contribution >= 0.6 is 11.8 Å². The van der Waals surface area contributed by atoms with Crippen LogP contribution in [0.25, 0.3) is 0 Å². The van der Waals surface area contributed by atoms with Crippen LogP contribution in [0.15, 0.2) is 35.5 Å². The van der Waals surface area contributed by atoms with Gasteiger partial charge in [-0.15, -0.1) is 0 Å². The van der Waals surface area contributed by atoms with E-state index in [1.54, 1.807) is 11.8 Å². The number of hydrogen-bond donors (Lipinski definition) is 1. The molecule has 1 fully saturated rings. The van der Waals surface area contributed by atoms with Crippen molar-refractivity contribution in [1.82, 2.24) is 15.3 Å². The number of anilines is 1. The van der Waals surface area contributed by atoms with Crippen molar-refractivity contribution < 1.29 is 4.79 Å². The summed E-state index contributed by atoms with van der Waals surface area (Å²) in [5.41, 5.74) is 2.90. The van der Waals surface area contributed by atoms with Crippen molar-refractivity contribution in [2.24, 2.45) is 0 Å². The van der Waals surface area contributed by atoms with Gasteiger partial charge in [-0.2, -0.15) is 0 Å². The van der Waals surface area contributed by atoms with E-state index in [1.165, 1.54) is 0 Å². The Bertz CT molecular complexity index is 788. The van der Waals surface area contributed by atoms with E-state index in [4.69, 9.17) is 4.98 Å². The predicted octanol–water partition coefficient (Wildman–Crippen LogP) is 4.07. The number of amides is 1. The van der Waals surface area contributed by atoms with Crippen molar-refractivity contribution in [3.8, 4) is 0 Å². The summed E-state index contributed by atoms with van der Waals surface area (Å²) in [5.74, 6) is 1.76. The lowest BCUT2D eigenvalue weighted by atomic mass is 10.1. The van der Waals surface area contributed by atoms with Crippen molar-refractivity contribution in [3.63, 3.8) is 0 Å². The third kappa shape index (κ3) is 5.45. The number of nitrogens with zero attached hydrogens (tertiary/aromatic N) is 3. The van der Waals surface area contributed by atoms with Crippen molar-refractivity contribution in [2.45, 2.75) is 57.0 Å². The molecule has 1 heterocycles. The van der Waals surface area contributed by atoms with Gasteiger partial charge in [0.25, 0.3) is 5.91 Å². The molecule has 0 spiro atoms. The molecule has 0 unspecified atom stereocenters. The van der Waals surface area contributed by atoms with Gasteiger partial charge in [-0.1, -0.05) is 30.8 Å². The fraction of sp³-hybridized carbons (Fsp3) is 0.476. The second-order valence-corrected chi connectivity index (χ2v) is 7.71. The van der Waals surface area contributed by atoms with Crippen LogP contribution in [-0.2, 0) is 12.2 Å². The van der Waals surface area contributed by atoms with E-state index in [2.05, 4.69) is 48.1 Å². The molecule has 1 saturated carbocycles. The third-order valence-corrected chi connectivity index (χ3v) is 5.58. The minimum Gasteiger partial charge on any atom is -0.357 e. The van der Waals surface area contributed by atoms with Gasteiger partial charge in [0.15, 0.2) is 5.16 Å². The summed E-state index contributed by atoms with van der Waals surface area (Å²) in [5, 5.41) is 3.84. The second kappa shape index (κ2) is 9.22. The molecule has 1 N–H and O–H groups in total. The smallest absolute Gasteiger partial charge is 0.251 e. The minimum atomic E-state index is 0.0254. The maximum absolute atomic E-state index is 12.2. The van der Waals surface area contributed by atoms with E-state index in [0.717, 1.165) is 65.9 Å². The Balaban J connectivity index is 1.70. The molecule has 0 aliphatic heterocycles. The fourth-order valence-corrected chi connectivity index (χ4v) is 3.68. The molecule has 1 aliphatic rings. The van der Waals surface area contributed by atoms with Gasteiger partial charge >= 0.3 is 0 Å². The Hall–Kier alpha value is -2.08. The Morgan fingerprint density at radius 2 is 1.96 bits per heavy atom. The summed E-state index contributed by atoms with van der Waals surface area (Å²) < 4.78 is 0. The Labute approximate surface area is 166 Å². The average Bonchev–Trinajstić information content (AvgIpc) is 3.51. The SMILES string of the molecule is CCc1cc(N(CC)CC)nc(SCc2cccc(C(=O)NC3CC3)c2)n1. The normalized spacial score (nSPS) is 13.4. The minimum absolute atomic E-state index is 0.0254.